The zero-order chi connectivity index (χ0) is 12.0. The predicted molar refractivity (Wildman–Crippen MR) is 67.8 cm³/mol. The summed E-state index contributed by atoms with van der Waals surface area (Å²) in [6, 6.07) is 0. The van der Waals surface area contributed by atoms with E-state index in [9.17, 15) is 0 Å². The van der Waals surface area contributed by atoms with E-state index in [1.165, 1.54) is 32.1 Å². The normalized spacial score (nSPS) is 13.0. The Bertz CT molecular complexity index is 304. The number of oxazole rings is 1. The highest BCUT2D eigenvalue weighted by Crippen LogP contribution is 2.25. The van der Waals surface area contributed by atoms with E-state index in [0.717, 1.165) is 23.8 Å². The Kier molecular flexibility index (Phi) is 5.58. The maximum absolute atomic E-state index is 5.77. The second-order valence-electron chi connectivity index (χ2n) is 4.66. The van der Waals surface area contributed by atoms with Gasteiger partial charge in [0.1, 0.15) is 5.76 Å². The lowest BCUT2D eigenvalue weighted by molar-refractivity contribution is 0.417. The first-order valence-electron chi connectivity index (χ1n) is 6.65. The van der Waals surface area contributed by atoms with Crippen molar-refractivity contribution < 1.29 is 4.42 Å². The van der Waals surface area contributed by atoms with Crippen molar-refractivity contribution >= 4 is 0 Å². The van der Waals surface area contributed by atoms with E-state index in [2.05, 4.69) is 32.7 Å². The third-order valence-corrected chi connectivity index (χ3v) is 3.12. The minimum absolute atomic E-state index is 0.518. The lowest BCUT2D eigenvalue weighted by Crippen LogP contribution is -1.94. The summed E-state index contributed by atoms with van der Waals surface area (Å²) in [5.41, 5.74) is 1.08. The fraction of sp³-hybridized carbons (Fsp3) is 0.786. The third kappa shape index (κ3) is 3.66. The predicted octanol–water partition coefficient (Wildman–Crippen LogP) is 4.62. The summed E-state index contributed by atoms with van der Waals surface area (Å²) >= 11 is 0. The Labute approximate surface area is 99.5 Å². The van der Waals surface area contributed by atoms with Crippen molar-refractivity contribution in [1.82, 2.24) is 4.98 Å². The average molecular weight is 223 g/mol. The maximum atomic E-state index is 5.77. The second-order valence-corrected chi connectivity index (χ2v) is 4.66. The van der Waals surface area contributed by atoms with Crippen LogP contribution >= 0.6 is 0 Å². The second kappa shape index (κ2) is 6.72. The van der Waals surface area contributed by atoms with E-state index in [1.54, 1.807) is 0 Å². The molecule has 2 heteroatoms. The van der Waals surface area contributed by atoms with Crippen LogP contribution < -0.4 is 0 Å². The monoisotopic (exact) mass is 223 g/mol. The van der Waals surface area contributed by atoms with Crippen molar-refractivity contribution in [2.45, 2.75) is 72.1 Å². The number of unbranched alkanes of at least 4 members (excludes halogenated alkanes) is 3. The van der Waals surface area contributed by atoms with E-state index in [1.807, 2.05) is 0 Å². The van der Waals surface area contributed by atoms with Gasteiger partial charge < -0.3 is 4.42 Å². The Morgan fingerprint density at radius 3 is 2.50 bits per heavy atom. The first kappa shape index (κ1) is 13.3. The number of rotatable bonds is 7. The molecular weight excluding hydrogens is 198 g/mol. The van der Waals surface area contributed by atoms with Gasteiger partial charge in [-0.2, -0.15) is 0 Å². The summed E-state index contributed by atoms with van der Waals surface area (Å²) in [6.07, 6.45) is 7.41. The Morgan fingerprint density at radius 2 is 1.94 bits per heavy atom. The molecule has 1 rings (SSSR count). The number of aromatic nitrogens is 1. The first-order chi connectivity index (χ1) is 7.69. The lowest BCUT2D eigenvalue weighted by Gasteiger charge is -2.08. The molecule has 0 aromatic carbocycles. The molecule has 92 valence electrons. The molecule has 0 fully saturated rings. The minimum Gasteiger partial charge on any atom is -0.445 e. The van der Waals surface area contributed by atoms with E-state index >= 15 is 0 Å². The van der Waals surface area contributed by atoms with Crippen LogP contribution in [0.1, 0.15) is 76.1 Å². The average Bonchev–Trinajstić information content (AvgIpc) is 2.66. The van der Waals surface area contributed by atoms with Crippen molar-refractivity contribution in [2.24, 2.45) is 0 Å². The van der Waals surface area contributed by atoms with Crippen LogP contribution in [0.25, 0.3) is 0 Å². The summed E-state index contributed by atoms with van der Waals surface area (Å²) in [6.45, 7) is 8.64. The van der Waals surface area contributed by atoms with Gasteiger partial charge in [-0.25, -0.2) is 4.98 Å². The van der Waals surface area contributed by atoms with Crippen LogP contribution in [-0.2, 0) is 6.42 Å². The molecule has 1 aromatic rings. The first-order valence-corrected chi connectivity index (χ1v) is 6.65. The standard InChI is InChI=1S/C14H25NO/c1-5-7-8-9-10-11(3)14-12(4)15-13(6-2)16-14/h11H,5-10H2,1-4H3. The van der Waals surface area contributed by atoms with Gasteiger partial charge >= 0.3 is 0 Å². The van der Waals surface area contributed by atoms with E-state index in [-0.39, 0.29) is 0 Å². The van der Waals surface area contributed by atoms with E-state index < -0.39 is 0 Å². The van der Waals surface area contributed by atoms with Crippen molar-refractivity contribution in [3.63, 3.8) is 0 Å². The molecule has 16 heavy (non-hydrogen) atoms. The van der Waals surface area contributed by atoms with Crippen molar-refractivity contribution in [3.05, 3.63) is 17.3 Å². The number of hydrogen-bond donors (Lipinski definition) is 0. The van der Waals surface area contributed by atoms with Crippen LogP contribution in [0.5, 0.6) is 0 Å². The summed E-state index contributed by atoms with van der Waals surface area (Å²) in [4.78, 5) is 4.43. The third-order valence-electron chi connectivity index (χ3n) is 3.12. The topological polar surface area (TPSA) is 26.0 Å². The zero-order valence-corrected chi connectivity index (χ0v) is 11.2. The van der Waals surface area contributed by atoms with Crippen LogP contribution in [0.3, 0.4) is 0 Å². The quantitative estimate of drug-likeness (QED) is 0.630. The fourth-order valence-corrected chi connectivity index (χ4v) is 2.08. The van der Waals surface area contributed by atoms with Gasteiger partial charge in [0.15, 0.2) is 5.89 Å². The van der Waals surface area contributed by atoms with Crippen molar-refractivity contribution in [3.8, 4) is 0 Å². The molecule has 1 heterocycles. The molecule has 1 atom stereocenters. The van der Waals surface area contributed by atoms with Crippen LogP contribution in [0.2, 0.25) is 0 Å². The maximum Gasteiger partial charge on any atom is 0.194 e. The molecule has 0 bridgehead atoms. The molecule has 1 aromatic heterocycles. The molecule has 0 amide bonds. The number of aryl methyl sites for hydroxylation is 2. The molecular formula is C14H25NO. The van der Waals surface area contributed by atoms with Crippen LogP contribution in [0.4, 0.5) is 0 Å². The Balaban J connectivity index is 2.45. The summed E-state index contributed by atoms with van der Waals surface area (Å²) in [5, 5.41) is 0. The summed E-state index contributed by atoms with van der Waals surface area (Å²) in [7, 11) is 0. The van der Waals surface area contributed by atoms with E-state index in [0.29, 0.717) is 5.92 Å². The summed E-state index contributed by atoms with van der Waals surface area (Å²) in [5.74, 6) is 2.51. The van der Waals surface area contributed by atoms with Gasteiger partial charge in [0.25, 0.3) is 0 Å². The highest BCUT2D eigenvalue weighted by atomic mass is 16.4. The molecule has 0 radical (unpaired) electrons. The highest BCUT2D eigenvalue weighted by molar-refractivity contribution is 5.12. The molecule has 1 unspecified atom stereocenters. The molecule has 0 aliphatic rings. The van der Waals surface area contributed by atoms with Crippen LogP contribution in [0.15, 0.2) is 4.42 Å². The number of hydrogen-bond acceptors (Lipinski definition) is 2. The largest absolute Gasteiger partial charge is 0.445 e. The van der Waals surface area contributed by atoms with Crippen LogP contribution in [-0.4, -0.2) is 4.98 Å². The van der Waals surface area contributed by atoms with Gasteiger partial charge in [0.05, 0.1) is 5.69 Å². The van der Waals surface area contributed by atoms with Gasteiger partial charge in [-0.15, -0.1) is 0 Å². The van der Waals surface area contributed by atoms with Crippen molar-refractivity contribution in [2.75, 3.05) is 0 Å². The SMILES string of the molecule is CCCCCCC(C)c1oc(CC)nc1C. The summed E-state index contributed by atoms with van der Waals surface area (Å²) < 4.78 is 5.77. The van der Waals surface area contributed by atoms with Crippen LogP contribution in [0, 0.1) is 6.92 Å². The fourth-order valence-electron chi connectivity index (χ4n) is 2.08. The van der Waals surface area contributed by atoms with Crippen molar-refractivity contribution in [1.29, 1.82) is 0 Å². The van der Waals surface area contributed by atoms with E-state index in [4.69, 9.17) is 4.42 Å². The van der Waals surface area contributed by atoms with Gasteiger partial charge in [-0.1, -0.05) is 46.5 Å². The van der Waals surface area contributed by atoms with Gasteiger partial charge in [0, 0.05) is 12.3 Å². The molecule has 2 nitrogen and oxygen atoms in total. The smallest absolute Gasteiger partial charge is 0.194 e. The van der Waals surface area contributed by atoms with Gasteiger partial charge in [-0.05, 0) is 13.3 Å². The van der Waals surface area contributed by atoms with Gasteiger partial charge in [-0.3, -0.25) is 0 Å². The van der Waals surface area contributed by atoms with Gasteiger partial charge in [0.2, 0.25) is 0 Å². The minimum atomic E-state index is 0.518. The highest BCUT2D eigenvalue weighted by Gasteiger charge is 2.15. The molecule has 0 spiro atoms. The Hall–Kier alpha value is -0.790. The molecule has 0 aliphatic heterocycles. The molecule has 0 aliphatic carbocycles. The Morgan fingerprint density at radius 1 is 1.19 bits per heavy atom. The zero-order valence-electron chi connectivity index (χ0n) is 11.2. The molecule has 0 saturated carbocycles. The lowest BCUT2D eigenvalue weighted by atomic mass is 9.99. The molecule has 0 N–H and O–H groups in total. The number of nitrogens with zero attached hydrogens (tertiary/aromatic N) is 1. The molecule has 0 saturated heterocycles.